The number of hydrogen-bond donors (Lipinski definition) is 3. The van der Waals surface area contributed by atoms with Gasteiger partial charge in [-0.2, -0.15) is 0 Å². The first-order chi connectivity index (χ1) is 10.9. The number of benzene rings is 1. The van der Waals surface area contributed by atoms with Crippen LogP contribution in [0.15, 0.2) is 33.7 Å². The maximum Gasteiger partial charge on any atom is 0.251 e. The van der Waals surface area contributed by atoms with Crippen molar-refractivity contribution in [1.29, 1.82) is 0 Å². The van der Waals surface area contributed by atoms with E-state index in [0.29, 0.717) is 30.6 Å². The summed E-state index contributed by atoms with van der Waals surface area (Å²) in [7, 11) is 0. The molecule has 0 bridgehead atoms. The minimum atomic E-state index is -0.0822. The normalized spacial score (nSPS) is 12.9. The van der Waals surface area contributed by atoms with Crippen molar-refractivity contribution >= 4 is 27.8 Å². The number of aliphatic imine (C=N–C) groups is 1. The SMILES string of the molecule is CCNC(=NCCNC(=O)c1ccc(Br)cc1)NC(C)C(C)C. The zero-order valence-corrected chi connectivity index (χ0v) is 15.9. The van der Waals surface area contributed by atoms with E-state index in [2.05, 4.69) is 57.6 Å². The Morgan fingerprint density at radius 2 is 1.83 bits per heavy atom. The lowest BCUT2D eigenvalue weighted by Crippen LogP contribution is -2.44. The van der Waals surface area contributed by atoms with Gasteiger partial charge in [-0.05, 0) is 44.0 Å². The summed E-state index contributed by atoms with van der Waals surface area (Å²) in [5.74, 6) is 1.23. The van der Waals surface area contributed by atoms with Crippen LogP contribution in [0.4, 0.5) is 0 Å². The number of carbonyl (C=O) groups is 1. The van der Waals surface area contributed by atoms with E-state index in [1.54, 1.807) is 12.1 Å². The highest BCUT2D eigenvalue weighted by Crippen LogP contribution is 2.10. The molecule has 0 fully saturated rings. The van der Waals surface area contributed by atoms with Crippen molar-refractivity contribution in [2.75, 3.05) is 19.6 Å². The van der Waals surface area contributed by atoms with E-state index in [-0.39, 0.29) is 5.91 Å². The van der Waals surface area contributed by atoms with Crippen molar-refractivity contribution in [2.45, 2.75) is 33.7 Å². The lowest BCUT2D eigenvalue weighted by molar-refractivity contribution is 0.0955. The van der Waals surface area contributed by atoms with Crippen LogP contribution < -0.4 is 16.0 Å². The van der Waals surface area contributed by atoms with Gasteiger partial charge in [-0.3, -0.25) is 9.79 Å². The van der Waals surface area contributed by atoms with Gasteiger partial charge in [-0.25, -0.2) is 0 Å². The Labute approximate surface area is 147 Å². The van der Waals surface area contributed by atoms with Crippen LogP contribution in [0.5, 0.6) is 0 Å². The molecule has 0 spiro atoms. The highest BCUT2D eigenvalue weighted by Gasteiger charge is 2.08. The number of nitrogens with zero attached hydrogens (tertiary/aromatic N) is 1. The molecule has 0 aromatic heterocycles. The number of hydrogen-bond acceptors (Lipinski definition) is 2. The van der Waals surface area contributed by atoms with Crippen molar-refractivity contribution in [3.05, 3.63) is 34.3 Å². The van der Waals surface area contributed by atoms with Gasteiger partial charge < -0.3 is 16.0 Å². The van der Waals surface area contributed by atoms with Gasteiger partial charge in [-0.15, -0.1) is 0 Å². The predicted molar refractivity (Wildman–Crippen MR) is 99.9 cm³/mol. The van der Waals surface area contributed by atoms with Crippen molar-refractivity contribution < 1.29 is 4.79 Å². The first-order valence-corrected chi connectivity index (χ1v) is 8.82. The number of amides is 1. The molecule has 0 heterocycles. The molecule has 6 heteroatoms. The zero-order chi connectivity index (χ0) is 17.2. The summed E-state index contributed by atoms with van der Waals surface area (Å²) in [5, 5.41) is 9.45. The first-order valence-electron chi connectivity index (χ1n) is 8.02. The molecule has 1 unspecified atom stereocenters. The van der Waals surface area contributed by atoms with E-state index in [9.17, 15) is 4.79 Å². The van der Waals surface area contributed by atoms with E-state index < -0.39 is 0 Å². The van der Waals surface area contributed by atoms with Gasteiger partial charge >= 0.3 is 0 Å². The second-order valence-corrected chi connectivity index (χ2v) is 6.62. The largest absolute Gasteiger partial charge is 0.357 e. The molecule has 0 aliphatic carbocycles. The standard InChI is InChI=1S/C17H27BrN4O/c1-5-19-17(22-13(4)12(2)3)21-11-10-20-16(23)14-6-8-15(18)9-7-14/h6-9,12-13H,5,10-11H2,1-4H3,(H,20,23)(H2,19,21,22). The summed E-state index contributed by atoms with van der Waals surface area (Å²) in [5.41, 5.74) is 0.649. The Bertz CT molecular complexity index is 514. The minimum Gasteiger partial charge on any atom is -0.357 e. The van der Waals surface area contributed by atoms with Crippen LogP contribution in [0.1, 0.15) is 38.1 Å². The third-order valence-electron chi connectivity index (χ3n) is 3.48. The highest BCUT2D eigenvalue weighted by atomic mass is 79.9. The molecule has 1 aromatic carbocycles. The number of guanidine groups is 1. The molecule has 0 saturated carbocycles. The van der Waals surface area contributed by atoms with Crippen molar-refractivity contribution in [1.82, 2.24) is 16.0 Å². The van der Waals surface area contributed by atoms with E-state index in [0.717, 1.165) is 17.0 Å². The topological polar surface area (TPSA) is 65.5 Å². The van der Waals surface area contributed by atoms with E-state index in [1.807, 2.05) is 19.1 Å². The van der Waals surface area contributed by atoms with Gasteiger partial charge in [0.05, 0.1) is 6.54 Å². The van der Waals surface area contributed by atoms with Gasteiger partial charge in [0, 0.05) is 29.2 Å². The number of nitrogens with one attached hydrogen (secondary N) is 3. The van der Waals surface area contributed by atoms with E-state index >= 15 is 0 Å². The molecule has 1 amide bonds. The van der Waals surface area contributed by atoms with Crippen LogP contribution in [-0.4, -0.2) is 37.5 Å². The fourth-order valence-electron chi connectivity index (χ4n) is 1.74. The van der Waals surface area contributed by atoms with Crippen LogP contribution >= 0.6 is 15.9 Å². The monoisotopic (exact) mass is 382 g/mol. The van der Waals surface area contributed by atoms with Crippen LogP contribution in [0.3, 0.4) is 0 Å². The van der Waals surface area contributed by atoms with Crippen molar-refractivity contribution in [3.8, 4) is 0 Å². The van der Waals surface area contributed by atoms with Gasteiger partial charge in [0.15, 0.2) is 5.96 Å². The Kier molecular flexibility index (Phi) is 8.69. The molecule has 0 aliphatic heterocycles. The Morgan fingerprint density at radius 1 is 1.17 bits per heavy atom. The van der Waals surface area contributed by atoms with Crippen molar-refractivity contribution in [2.24, 2.45) is 10.9 Å². The molecule has 1 atom stereocenters. The average Bonchev–Trinajstić information content (AvgIpc) is 2.51. The number of rotatable bonds is 7. The zero-order valence-electron chi connectivity index (χ0n) is 14.3. The summed E-state index contributed by atoms with van der Waals surface area (Å²) < 4.78 is 0.958. The molecule has 5 nitrogen and oxygen atoms in total. The summed E-state index contributed by atoms with van der Waals surface area (Å²) in [4.78, 5) is 16.5. The Hall–Kier alpha value is -1.56. The smallest absolute Gasteiger partial charge is 0.251 e. The van der Waals surface area contributed by atoms with Crippen LogP contribution in [0.25, 0.3) is 0 Å². The lowest BCUT2D eigenvalue weighted by atomic mass is 10.1. The number of halogens is 1. The summed E-state index contributed by atoms with van der Waals surface area (Å²) in [6.45, 7) is 10.3. The fourth-order valence-corrected chi connectivity index (χ4v) is 2.01. The lowest BCUT2D eigenvalue weighted by Gasteiger charge is -2.20. The molecule has 0 saturated heterocycles. The average molecular weight is 383 g/mol. The van der Waals surface area contributed by atoms with Gasteiger partial charge in [-0.1, -0.05) is 29.8 Å². The predicted octanol–water partition coefficient (Wildman–Crippen LogP) is 2.78. The maximum absolute atomic E-state index is 12.0. The molecule has 23 heavy (non-hydrogen) atoms. The molecule has 0 radical (unpaired) electrons. The molecule has 1 rings (SSSR count). The number of carbonyl (C=O) groups excluding carboxylic acids is 1. The summed E-state index contributed by atoms with van der Waals surface area (Å²) >= 11 is 3.36. The highest BCUT2D eigenvalue weighted by molar-refractivity contribution is 9.10. The van der Waals surface area contributed by atoms with Gasteiger partial charge in [0.25, 0.3) is 5.91 Å². The summed E-state index contributed by atoms with van der Waals surface area (Å²) in [6, 6.07) is 7.63. The van der Waals surface area contributed by atoms with Crippen LogP contribution in [0.2, 0.25) is 0 Å². The van der Waals surface area contributed by atoms with Crippen LogP contribution in [-0.2, 0) is 0 Å². The molecule has 3 N–H and O–H groups in total. The molecule has 128 valence electrons. The second kappa shape index (κ2) is 10.3. The molecular formula is C17H27BrN4O. The Balaban J connectivity index is 2.45. The van der Waals surface area contributed by atoms with E-state index in [1.165, 1.54) is 0 Å². The molecular weight excluding hydrogens is 356 g/mol. The molecule has 0 aliphatic rings. The third kappa shape index (κ3) is 7.50. The third-order valence-corrected chi connectivity index (χ3v) is 4.01. The quantitative estimate of drug-likeness (QED) is 0.385. The second-order valence-electron chi connectivity index (χ2n) is 5.70. The fraction of sp³-hybridized carbons (Fsp3) is 0.529. The van der Waals surface area contributed by atoms with Gasteiger partial charge in [0.1, 0.15) is 0 Å². The van der Waals surface area contributed by atoms with Gasteiger partial charge in [0.2, 0.25) is 0 Å². The Morgan fingerprint density at radius 3 is 2.39 bits per heavy atom. The van der Waals surface area contributed by atoms with E-state index in [4.69, 9.17) is 0 Å². The van der Waals surface area contributed by atoms with Crippen LogP contribution in [0, 0.1) is 5.92 Å². The minimum absolute atomic E-state index is 0.0822. The molecule has 1 aromatic rings. The maximum atomic E-state index is 12.0. The summed E-state index contributed by atoms with van der Waals surface area (Å²) in [6.07, 6.45) is 0. The first kappa shape index (κ1) is 19.5. The van der Waals surface area contributed by atoms with Crippen molar-refractivity contribution in [3.63, 3.8) is 0 Å².